The summed E-state index contributed by atoms with van der Waals surface area (Å²) in [6.45, 7) is 7.96. The normalized spacial score (nSPS) is 29.5. The summed E-state index contributed by atoms with van der Waals surface area (Å²) in [5, 5.41) is 0. The molecule has 0 bridgehead atoms. The molecule has 4 rings (SSSR count). The molecule has 130 valence electrons. The van der Waals surface area contributed by atoms with Crippen LogP contribution < -0.4 is 4.90 Å². The quantitative estimate of drug-likeness (QED) is 0.856. The minimum atomic E-state index is 0.140. The molecule has 3 aliphatic rings. The van der Waals surface area contributed by atoms with Crippen molar-refractivity contribution < 1.29 is 4.79 Å². The zero-order valence-corrected chi connectivity index (χ0v) is 14.8. The molecule has 1 saturated carbocycles. The molecule has 3 fully saturated rings. The van der Waals surface area contributed by atoms with Crippen molar-refractivity contribution in [3.8, 4) is 0 Å². The van der Waals surface area contributed by atoms with Gasteiger partial charge in [0.2, 0.25) is 5.91 Å². The maximum absolute atomic E-state index is 12.9. The molecule has 24 heavy (non-hydrogen) atoms. The van der Waals surface area contributed by atoms with Gasteiger partial charge in [-0.1, -0.05) is 20.3 Å². The van der Waals surface area contributed by atoms with Crippen LogP contribution in [-0.2, 0) is 4.79 Å². The van der Waals surface area contributed by atoms with Gasteiger partial charge < -0.3 is 9.80 Å². The van der Waals surface area contributed by atoms with Gasteiger partial charge in [-0.25, -0.2) is 9.97 Å². The first kappa shape index (κ1) is 15.9. The fourth-order valence-corrected chi connectivity index (χ4v) is 4.66. The molecule has 0 aromatic carbocycles. The lowest BCUT2D eigenvalue weighted by Crippen LogP contribution is -2.36. The SMILES string of the molecule is CC(C)c1nccc(N2CCC(C(=O)N3CC4CCCC4C3)C2)n1. The number of anilines is 1. The zero-order chi connectivity index (χ0) is 16.7. The summed E-state index contributed by atoms with van der Waals surface area (Å²) in [6, 6.07) is 1.97. The third-order valence-electron chi connectivity index (χ3n) is 6.08. The molecule has 3 heterocycles. The minimum Gasteiger partial charge on any atom is -0.356 e. The standard InChI is InChI=1S/C19H28N4O/c1-13(2)18-20-8-6-17(21-18)22-9-7-16(12-22)19(24)23-10-14-4-3-5-15(14)11-23/h6,8,13-16H,3-5,7,9-12H2,1-2H3. The molecule has 5 heteroatoms. The van der Waals surface area contributed by atoms with E-state index in [-0.39, 0.29) is 5.92 Å². The van der Waals surface area contributed by atoms with Gasteiger partial charge in [-0.3, -0.25) is 4.79 Å². The summed E-state index contributed by atoms with van der Waals surface area (Å²) in [5.41, 5.74) is 0. The molecule has 0 radical (unpaired) electrons. The second kappa shape index (κ2) is 6.34. The van der Waals surface area contributed by atoms with Crippen LogP contribution in [-0.4, -0.2) is 47.0 Å². The van der Waals surface area contributed by atoms with Crippen molar-refractivity contribution in [2.75, 3.05) is 31.1 Å². The Labute approximate surface area is 144 Å². The van der Waals surface area contributed by atoms with E-state index in [1.807, 2.05) is 12.3 Å². The number of rotatable bonds is 3. The van der Waals surface area contributed by atoms with Gasteiger partial charge in [-0.2, -0.15) is 0 Å². The molecule has 5 nitrogen and oxygen atoms in total. The van der Waals surface area contributed by atoms with E-state index in [4.69, 9.17) is 0 Å². The van der Waals surface area contributed by atoms with Crippen molar-refractivity contribution in [3.05, 3.63) is 18.1 Å². The maximum Gasteiger partial charge on any atom is 0.227 e. The molecule has 1 aromatic heterocycles. The van der Waals surface area contributed by atoms with Gasteiger partial charge in [0.05, 0.1) is 5.92 Å². The Balaban J connectivity index is 1.39. The average molecular weight is 328 g/mol. The summed E-state index contributed by atoms with van der Waals surface area (Å²) in [5.74, 6) is 4.26. The Morgan fingerprint density at radius 3 is 2.62 bits per heavy atom. The van der Waals surface area contributed by atoms with Crippen LogP contribution >= 0.6 is 0 Å². The zero-order valence-electron chi connectivity index (χ0n) is 14.8. The lowest BCUT2D eigenvalue weighted by molar-refractivity contribution is -0.134. The first-order valence-corrected chi connectivity index (χ1v) is 9.48. The average Bonchev–Trinajstić information content (AvgIpc) is 3.29. The number of likely N-dealkylation sites (tertiary alicyclic amines) is 1. The topological polar surface area (TPSA) is 49.3 Å². The van der Waals surface area contributed by atoms with Crippen LogP contribution in [0, 0.1) is 17.8 Å². The van der Waals surface area contributed by atoms with Gasteiger partial charge in [0, 0.05) is 38.3 Å². The predicted octanol–water partition coefficient (Wildman–Crippen LogP) is 2.68. The highest BCUT2D eigenvalue weighted by molar-refractivity contribution is 5.80. The Hall–Kier alpha value is -1.65. The first-order chi connectivity index (χ1) is 11.6. The van der Waals surface area contributed by atoms with Gasteiger partial charge in [-0.15, -0.1) is 0 Å². The number of nitrogens with zero attached hydrogens (tertiary/aromatic N) is 4. The number of amides is 1. The van der Waals surface area contributed by atoms with E-state index in [2.05, 4.69) is 33.6 Å². The molecular weight excluding hydrogens is 300 g/mol. The summed E-state index contributed by atoms with van der Waals surface area (Å²) < 4.78 is 0. The molecule has 1 aromatic rings. The molecule has 2 aliphatic heterocycles. The van der Waals surface area contributed by atoms with E-state index in [0.717, 1.165) is 56.1 Å². The summed E-state index contributed by atoms with van der Waals surface area (Å²) in [6.07, 6.45) is 6.80. The molecule has 0 N–H and O–H groups in total. The Morgan fingerprint density at radius 2 is 1.92 bits per heavy atom. The number of fused-ring (bicyclic) bond motifs is 1. The first-order valence-electron chi connectivity index (χ1n) is 9.48. The molecule has 0 spiro atoms. The van der Waals surface area contributed by atoms with Crippen LogP contribution in [0.4, 0.5) is 5.82 Å². The highest BCUT2D eigenvalue weighted by Gasteiger charge is 2.41. The summed E-state index contributed by atoms with van der Waals surface area (Å²) >= 11 is 0. The Morgan fingerprint density at radius 1 is 1.17 bits per heavy atom. The number of aromatic nitrogens is 2. The van der Waals surface area contributed by atoms with E-state index in [0.29, 0.717) is 11.8 Å². The fourth-order valence-electron chi connectivity index (χ4n) is 4.66. The van der Waals surface area contributed by atoms with Gasteiger partial charge in [0.1, 0.15) is 11.6 Å². The van der Waals surface area contributed by atoms with Crippen LogP contribution in [0.5, 0.6) is 0 Å². The van der Waals surface area contributed by atoms with Crippen LogP contribution in [0.3, 0.4) is 0 Å². The Bertz CT molecular complexity index is 605. The van der Waals surface area contributed by atoms with Crippen LogP contribution in [0.1, 0.15) is 51.3 Å². The van der Waals surface area contributed by atoms with Crippen LogP contribution in [0.2, 0.25) is 0 Å². The van der Waals surface area contributed by atoms with Gasteiger partial charge in [0.25, 0.3) is 0 Å². The van der Waals surface area contributed by atoms with Crippen molar-refractivity contribution in [2.24, 2.45) is 17.8 Å². The van der Waals surface area contributed by atoms with Crippen LogP contribution in [0.15, 0.2) is 12.3 Å². The second-order valence-electron chi connectivity index (χ2n) is 8.05. The smallest absolute Gasteiger partial charge is 0.227 e. The summed E-state index contributed by atoms with van der Waals surface area (Å²) in [7, 11) is 0. The fraction of sp³-hybridized carbons (Fsp3) is 0.737. The van der Waals surface area contributed by atoms with Gasteiger partial charge in [-0.05, 0) is 37.2 Å². The number of carbonyl (C=O) groups excluding carboxylic acids is 1. The second-order valence-corrected chi connectivity index (χ2v) is 8.05. The van der Waals surface area contributed by atoms with Crippen molar-refractivity contribution in [1.82, 2.24) is 14.9 Å². The largest absolute Gasteiger partial charge is 0.356 e. The third-order valence-corrected chi connectivity index (χ3v) is 6.08. The minimum absolute atomic E-state index is 0.140. The highest BCUT2D eigenvalue weighted by Crippen LogP contribution is 2.38. The predicted molar refractivity (Wildman–Crippen MR) is 93.9 cm³/mol. The van der Waals surface area contributed by atoms with E-state index < -0.39 is 0 Å². The molecule has 3 atom stereocenters. The van der Waals surface area contributed by atoms with E-state index in [1.54, 1.807) is 0 Å². The Kier molecular flexibility index (Phi) is 4.19. The molecule has 3 unspecified atom stereocenters. The van der Waals surface area contributed by atoms with E-state index in [1.165, 1.54) is 19.3 Å². The van der Waals surface area contributed by atoms with E-state index in [9.17, 15) is 4.79 Å². The lowest BCUT2D eigenvalue weighted by Gasteiger charge is -2.22. The number of hydrogen-bond acceptors (Lipinski definition) is 4. The van der Waals surface area contributed by atoms with E-state index >= 15 is 0 Å². The third kappa shape index (κ3) is 2.89. The monoisotopic (exact) mass is 328 g/mol. The summed E-state index contributed by atoms with van der Waals surface area (Å²) in [4.78, 5) is 26.3. The van der Waals surface area contributed by atoms with Crippen molar-refractivity contribution in [3.63, 3.8) is 0 Å². The van der Waals surface area contributed by atoms with Gasteiger partial charge in [0.15, 0.2) is 0 Å². The molecular formula is C19H28N4O. The van der Waals surface area contributed by atoms with Gasteiger partial charge >= 0.3 is 0 Å². The number of hydrogen-bond donors (Lipinski definition) is 0. The van der Waals surface area contributed by atoms with Crippen molar-refractivity contribution in [1.29, 1.82) is 0 Å². The number of carbonyl (C=O) groups is 1. The van der Waals surface area contributed by atoms with Crippen molar-refractivity contribution >= 4 is 11.7 Å². The van der Waals surface area contributed by atoms with Crippen molar-refractivity contribution in [2.45, 2.75) is 45.4 Å². The maximum atomic E-state index is 12.9. The lowest BCUT2D eigenvalue weighted by atomic mass is 10.0. The molecule has 1 amide bonds. The molecule has 1 aliphatic carbocycles. The highest BCUT2D eigenvalue weighted by atomic mass is 16.2. The van der Waals surface area contributed by atoms with Crippen LogP contribution in [0.25, 0.3) is 0 Å². The molecule has 2 saturated heterocycles.